The molecule has 1 aromatic heterocycles. The standard InChI is InChI=1S/C23H25F2N5O/c1-15-6-17(16-2-4-29(5-3-16)22-12-31-13-22)8-20(7-15)27-23-26-14-30(28-23)21-10-18(24)9-19(25)11-21/h6-11,14,16,22H,2-5,12-13H2,1H3,(H,27,28)/i22D. The lowest BCUT2D eigenvalue weighted by Gasteiger charge is -2.41. The summed E-state index contributed by atoms with van der Waals surface area (Å²) in [4.78, 5) is 6.46. The minimum Gasteiger partial charge on any atom is -0.378 e. The molecule has 6 nitrogen and oxygen atoms in total. The molecule has 0 bridgehead atoms. The van der Waals surface area contributed by atoms with Crippen LogP contribution in [-0.4, -0.2) is 52.0 Å². The summed E-state index contributed by atoms with van der Waals surface area (Å²) in [5.41, 5.74) is 3.52. The van der Waals surface area contributed by atoms with Gasteiger partial charge in [-0.05, 0) is 74.2 Å². The Hall–Kier alpha value is -2.84. The summed E-state index contributed by atoms with van der Waals surface area (Å²) in [6, 6.07) is 9.02. The normalized spacial score (nSPS) is 19.6. The van der Waals surface area contributed by atoms with Crippen molar-refractivity contribution in [3.63, 3.8) is 0 Å². The summed E-state index contributed by atoms with van der Waals surface area (Å²) >= 11 is 0. The lowest BCUT2D eigenvalue weighted by atomic mass is 9.87. The van der Waals surface area contributed by atoms with Crippen molar-refractivity contribution in [2.75, 3.05) is 31.6 Å². The maximum absolute atomic E-state index is 13.5. The monoisotopic (exact) mass is 426 g/mol. The van der Waals surface area contributed by atoms with Crippen LogP contribution in [-0.2, 0) is 4.74 Å². The number of aryl methyl sites for hydroxylation is 1. The molecule has 3 aromatic rings. The Bertz CT molecular complexity index is 1110. The van der Waals surface area contributed by atoms with Crippen molar-refractivity contribution < 1.29 is 14.9 Å². The third-order valence-corrected chi connectivity index (χ3v) is 5.91. The zero-order valence-electron chi connectivity index (χ0n) is 18.3. The number of aromatic nitrogens is 3. The number of nitrogens with zero attached hydrogens (tertiary/aromatic N) is 4. The van der Waals surface area contributed by atoms with E-state index in [1.165, 1.54) is 28.7 Å². The number of nitrogens with one attached hydrogen (secondary N) is 1. The van der Waals surface area contributed by atoms with Gasteiger partial charge in [-0.15, -0.1) is 5.10 Å². The van der Waals surface area contributed by atoms with Crippen LogP contribution in [0, 0.1) is 18.6 Å². The van der Waals surface area contributed by atoms with Gasteiger partial charge in [0, 0.05) is 11.8 Å². The van der Waals surface area contributed by atoms with Crippen LogP contribution in [0.1, 0.15) is 31.3 Å². The van der Waals surface area contributed by atoms with Crippen molar-refractivity contribution in [2.24, 2.45) is 0 Å². The Labute approximate surface area is 181 Å². The highest BCUT2D eigenvalue weighted by atomic mass is 19.1. The van der Waals surface area contributed by atoms with Crippen molar-refractivity contribution in [3.8, 4) is 5.69 Å². The van der Waals surface area contributed by atoms with E-state index in [0.717, 1.165) is 43.2 Å². The summed E-state index contributed by atoms with van der Waals surface area (Å²) in [6.45, 7) is 4.83. The molecule has 0 atom stereocenters. The highest BCUT2D eigenvalue weighted by molar-refractivity contribution is 5.56. The molecule has 0 amide bonds. The minimum absolute atomic E-state index is 0.267. The van der Waals surface area contributed by atoms with E-state index in [1.807, 2.05) is 6.07 Å². The van der Waals surface area contributed by atoms with E-state index in [0.29, 0.717) is 25.1 Å². The van der Waals surface area contributed by atoms with Gasteiger partial charge in [0.25, 0.3) is 0 Å². The van der Waals surface area contributed by atoms with Crippen LogP contribution in [0.5, 0.6) is 0 Å². The topological polar surface area (TPSA) is 55.2 Å². The van der Waals surface area contributed by atoms with Crippen LogP contribution >= 0.6 is 0 Å². The predicted octanol–water partition coefficient (Wildman–Crippen LogP) is 4.18. The Balaban J connectivity index is 1.29. The molecule has 2 aromatic carbocycles. The van der Waals surface area contributed by atoms with Gasteiger partial charge in [0.2, 0.25) is 5.95 Å². The van der Waals surface area contributed by atoms with Gasteiger partial charge in [0.1, 0.15) is 18.0 Å². The summed E-state index contributed by atoms with van der Waals surface area (Å²) < 4.78 is 42.0. The number of hydrogen-bond donors (Lipinski definition) is 1. The van der Waals surface area contributed by atoms with Gasteiger partial charge in [0.05, 0.1) is 26.3 Å². The smallest absolute Gasteiger partial charge is 0.246 e. The van der Waals surface area contributed by atoms with Gasteiger partial charge in [-0.1, -0.05) is 6.07 Å². The molecule has 31 heavy (non-hydrogen) atoms. The van der Waals surface area contributed by atoms with Gasteiger partial charge in [-0.25, -0.2) is 13.5 Å². The van der Waals surface area contributed by atoms with Crippen molar-refractivity contribution in [1.82, 2.24) is 19.7 Å². The van der Waals surface area contributed by atoms with Gasteiger partial charge in [-0.3, -0.25) is 4.90 Å². The van der Waals surface area contributed by atoms with E-state index >= 15 is 0 Å². The number of ether oxygens (including phenoxy) is 1. The highest BCUT2D eigenvalue weighted by Crippen LogP contribution is 2.32. The quantitative estimate of drug-likeness (QED) is 0.664. The molecule has 2 aliphatic rings. The zero-order chi connectivity index (χ0) is 22.3. The number of benzene rings is 2. The van der Waals surface area contributed by atoms with Crippen LogP contribution in [0.2, 0.25) is 0 Å². The van der Waals surface area contributed by atoms with E-state index in [-0.39, 0.29) is 5.69 Å². The first-order valence-electron chi connectivity index (χ1n) is 11.0. The fraction of sp³-hybridized carbons (Fsp3) is 0.391. The lowest BCUT2D eigenvalue weighted by Crippen LogP contribution is -2.51. The fourth-order valence-electron chi connectivity index (χ4n) is 4.27. The third kappa shape index (κ3) is 4.45. The van der Waals surface area contributed by atoms with Gasteiger partial charge in [0.15, 0.2) is 0 Å². The Morgan fingerprint density at radius 2 is 1.81 bits per heavy atom. The molecule has 0 radical (unpaired) electrons. The molecular weight excluding hydrogens is 400 g/mol. The molecule has 5 rings (SSSR count). The molecule has 0 saturated carbocycles. The molecular formula is C23H25F2N5O. The first-order chi connectivity index (χ1) is 15.4. The van der Waals surface area contributed by atoms with E-state index in [9.17, 15) is 8.78 Å². The molecule has 0 unspecified atom stereocenters. The molecule has 0 aliphatic carbocycles. The second kappa shape index (κ2) is 8.36. The first-order valence-corrected chi connectivity index (χ1v) is 10.5. The van der Waals surface area contributed by atoms with Crippen molar-refractivity contribution in [1.29, 1.82) is 0 Å². The second-order valence-electron chi connectivity index (χ2n) is 8.22. The van der Waals surface area contributed by atoms with Crippen molar-refractivity contribution >= 4 is 11.6 Å². The van der Waals surface area contributed by atoms with E-state index in [2.05, 4.69) is 39.4 Å². The Morgan fingerprint density at radius 3 is 2.48 bits per heavy atom. The summed E-state index contributed by atoms with van der Waals surface area (Å²) in [7, 11) is 0. The fourth-order valence-corrected chi connectivity index (χ4v) is 4.27. The second-order valence-corrected chi connectivity index (χ2v) is 8.22. The third-order valence-electron chi connectivity index (χ3n) is 5.91. The minimum atomic E-state index is -0.666. The predicted molar refractivity (Wildman–Crippen MR) is 114 cm³/mol. The van der Waals surface area contributed by atoms with Crippen LogP contribution in [0.25, 0.3) is 5.69 Å². The number of piperidine rings is 1. The van der Waals surface area contributed by atoms with Crippen LogP contribution in [0.15, 0.2) is 42.7 Å². The molecule has 1 N–H and O–H groups in total. The molecule has 8 heteroatoms. The first kappa shape index (κ1) is 18.9. The average Bonchev–Trinajstić information content (AvgIpc) is 3.19. The molecule has 3 heterocycles. The summed E-state index contributed by atoms with van der Waals surface area (Å²) in [6.07, 6.45) is 3.42. The van der Waals surface area contributed by atoms with E-state index in [4.69, 9.17) is 6.11 Å². The average molecular weight is 426 g/mol. The zero-order valence-corrected chi connectivity index (χ0v) is 17.3. The van der Waals surface area contributed by atoms with Gasteiger partial charge >= 0.3 is 0 Å². The van der Waals surface area contributed by atoms with Crippen LogP contribution in [0.3, 0.4) is 0 Å². The Morgan fingerprint density at radius 1 is 1.06 bits per heavy atom. The summed E-state index contributed by atoms with van der Waals surface area (Å²) in [5, 5.41) is 7.51. The maximum atomic E-state index is 13.5. The number of anilines is 2. The van der Waals surface area contributed by atoms with Crippen molar-refractivity contribution in [3.05, 3.63) is 65.5 Å². The largest absolute Gasteiger partial charge is 0.378 e. The number of rotatable bonds is 5. The SMILES string of the molecule is [2H]C1(N2CCC(c3cc(C)cc(Nc4ncn(-c5cc(F)cc(F)c5)n4)c3)CC2)COC1. The molecule has 0 spiro atoms. The number of halogens is 2. The molecule has 2 fully saturated rings. The van der Waals surface area contributed by atoms with Gasteiger partial charge in [-0.2, -0.15) is 4.98 Å². The molecule has 162 valence electrons. The number of hydrogen-bond acceptors (Lipinski definition) is 5. The van der Waals surface area contributed by atoms with Gasteiger partial charge < -0.3 is 10.1 Å². The van der Waals surface area contributed by atoms with Crippen molar-refractivity contribution in [2.45, 2.75) is 31.7 Å². The Kier molecular flexibility index (Phi) is 5.09. The molecule has 2 saturated heterocycles. The molecule has 2 aliphatic heterocycles. The summed E-state index contributed by atoms with van der Waals surface area (Å²) in [5.74, 6) is -0.555. The van der Waals surface area contributed by atoms with E-state index in [1.54, 1.807) is 0 Å². The van der Waals surface area contributed by atoms with Crippen LogP contribution in [0.4, 0.5) is 20.4 Å². The lowest BCUT2D eigenvalue weighted by molar-refractivity contribution is -0.0712. The number of likely N-dealkylation sites (tertiary alicyclic amines) is 1. The maximum Gasteiger partial charge on any atom is 0.246 e. The highest BCUT2D eigenvalue weighted by Gasteiger charge is 2.30. The van der Waals surface area contributed by atoms with E-state index < -0.39 is 17.7 Å². The van der Waals surface area contributed by atoms with Crippen LogP contribution < -0.4 is 5.32 Å².